The summed E-state index contributed by atoms with van der Waals surface area (Å²) in [5.41, 5.74) is 0. The lowest BCUT2D eigenvalue weighted by atomic mass is 9.82. The van der Waals surface area contributed by atoms with E-state index >= 15 is 0 Å². The SMILES string of the molecule is CC1CCC(C(=O)Oc2ccc(OC(=O)C3CCC(C=C(F)C(F)(F)F)CC3)cc2)CC1. The Morgan fingerprint density at radius 2 is 1.22 bits per heavy atom. The van der Waals surface area contributed by atoms with Crippen molar-refractivity contribution in [1.82, 2.24) is 0 Å². The average molecular weight is 456 g/mol. The van der Waals surface area contributed by atoms with E-state index in [-0.39, 0.29) is 24.7 Å². The number of esters is 2. The van der Waals surface area contributed by atoms with Crippen LogP contribution < -0.4 is 9.47 Å². The molecule has 8 heteroatoms. The average Bonchev–Trinajstić information content (AvgIpc) is 2.75. The molecule has 4 nitrogen and oxygen atoms in total. The predicted molar refractivity (Wildman–Crippen MR) is 110 cm³/mol. The zero-order valence-electron chi connectivity index (χ0n) is 18.0. The molecule has 0 radical (unpaired) electrons. The smallest absolute Gasteiger partial charge is 0.426 e. The maximum absolute atomic E-state index is 13.1. The maximum Gasteiger partial charge on any atom is 0.442 e. The van der Waals surface area contributed by atoms with Crippen molar-refractivity contribution in [3.05, 3.63) is 36.2 Å². The van der Waals surface area contributed by atoms with Gasteiger partial charge in [0, 0.05) is 0 Å². The van der Waals surface area contributed by atoms with Crippen LogP contribution in [0.15, 0.2) is 36.2 Å². The summed E-state index contributed by atoms with van der Waals surface area (Å²) in [7, 11) is 0. The number of benzene rings is 1. The van der Waals surface area contributed by atoms with Gasteiger partial charge in [-0.2, -0.15) is 13.2 Å². The number of rotatable bonds is 5. The van der Waals surface area contributed by atoms with Crippen LogP contribution in [-0.4, -0.2) is 18.1 Å². The predicted octanol–water partition coefficient (Wildman–Crippen LogP) is 6.55. The first-order valence-corrected chi connectivity index (χ1v) is 11.1. The zero-order chi connectivity index (χ0) is 23.3. The van der Waals surface area contributed by atoms with Crippen molar-refractivity contribution >= 4 is 11.9 Å². The third-order valence-corrected chi connectivity index (χ3v) is 6.37. The number of ether oxygens (including phenoxy) is 2. The van der Waals surface area contributed by atoms with Crippen LogP contribution in [0.25, 0.3) is 0 Å². The van der Waals surface area contributed by atoms with Gasteiger partial charge in [-0.3, -0.25) is 9.59 Å². The van der Waals surface area contributed by atoms with E-state index in [2.05, 4.69) is 6.92 Å². The van der Waals surface area contributed by atoms with Crippen molar-refractivity contribution in [3.8, 4) is 11.5 Å². The number of halogens is 4. The molecule has 2 fully saturated rings. The molecule has 0 spiro atoms. The van der Waals surface area contributed by atoms with E-state index in [9.17, 15) is 27.2 Å². The van der Waals surface area contributed by atoms with E-state index in [4.69, 9.17) is 9.47 Å². The molecule has 1 aromatic carbocycles. The Hall–Kier alpha value is -2.38. The van der Waals surface area contributed by atoms with Gasteiger partial charge in [0.2, 0.25) is 0 Å². The first kappa shape index (κ1) is 24.3. The minimum Gasteiger partial charge on any atom is -0.426 e. The highest BCUT2D eigenvalue weighted by atomic mass is 19.4. The molecular formula is C24H28F4O4. The summed E-state index contributed by atoms with van der Waals surface area (Å²) in [6.07, 6.45) is 0.583. The fraction of sp³-hybridized carbons (Fsp3) is 0.583. The highest BCUT2D eigenvalue weighted by molar-refractivity contribution is 5.76. The van der Waals surface area contributed by atoms with Gasteiger partial charge >= 0.3 is 18.1 Å². The number of hydrogen-bond donors (Lipinski definition) is 0. The zero-order valence-corrected chi connectivity index (χ0v) is 18.0. The Morgan fingerprint density at radius 3 is 1.62 bits per heavy atom. The fourth-order valence-electron chi connectivity index (χ4n) is 4.29. The molecule has 1 aromatic rings. The minimum atomic E-state index is -4.97. The highest BCUT2D eigenvalue weighted by Crippen LogP contribution is 2.35. The van der Waals surface area contributed by atoms with E-state index in [1.807, 2.05) is 0 Å². The summed E-state index contributed by atoms with van der Waals surface area (Å²) < 4.78 is 60.8. The Bertz CT molecular complexity index is 815. The monoisotopic (exact) mass is 456 g/mol. The van der Waals surface area contributed by atoms with E-state index in [0.29, 0.717) is 36.3 Å². The van der Waals surface area contributed by atoms with Gasteiger partial charge in [0.25, 0.3) is 0 Å². The van der Waals surface area contributed by atoms with Gasteiger partial charge in [-0.1, -0.05) is 6.92 Å². The fourth-order valence-corrected chi connectivity index (χ4v) is 4.29. The number of allylic oxidation sites excluding steroid dienone is 2. The second-order valence-corrected chi connectivity index (χ2v) is 8.89. The Morgan fingerprint density at radius 1 is 0.812 bits per heavy atom. The molecule has 2 aliphatic carbocycles. The molecule has 32 heavy (non-hydrogen) atoms. The molecule has 0 aromatic heterocycles. The summed E-state index contributed by atoms with van der Waals surface area (Å²) in [5.74, 6) is -2.54. The number of carbonyl (C=O) groups is 2. The van der Waals surface area contributed by atoms with Crippen molar-refractivity contribution in [2.75, 3.05) is 0 Å². The first-order valence-electron chi connectivity index (χ1n) is 11.1. The lowest BCUT2D eigenvalue weighted by Crippen LogP contribution is -2.25. The van der Waals surface area contributed by atoms with Crippen LogP contribution in [0.2, 0.25) is 0 Å². The van der Waals surface area contributed by atoms with Crippen molar-refractivity contribution in [2.24, 2.45) is 23.7 Å². The normalized spacial score (nSPS) is 27.0. The lowest BCUT2D eigenvalue weighted by Gasteiger charge is -2.25. The Kier molecular flexibility index (Phi) is 7.96. The molecule has 0 aliphatic heterocycles. The first-order chi connectivity index (χ1) is 15.1. The van der Waals surface area contributed by atoms with Crippen LogP contribution in [-0.2, 0) is 9.59 Å². The van der Waals surface area contributed by atoms with Gasteiger partial charge in [0.05, 0.1) is 11.8 Å². The largest absolute Gasteiger partial charge is 0.442 e. The molecule has 3 rings (SSSR count). The minimum absolute atomic E-state index is 0.0849. The van der Waals surface area contributed by atoms with E-state index in [1.54, 1.807) is 12.1 Å². The number of alkyl halides is 3. The molecule has 176 valence electrons. The van der Waals surface area contributed by atoms with Crippen molar-refractivity contribution < 1.29 is 36.6 Å². The van der Waals surface area contributed by atoms with Crippen molar-refractivity contribution in [3.63, 3.8) is 0 Å². The van der Waals surface area contributed by atoms with E-state index < -0.39 is 29.8 Å². The van der Waals surface area contributed by atoms with Gasteiger partial charge < -0.3 is 9.47 Å². The second kappa shape index (κ2) is 10.5. The second-order valence-electron chi connectivity index (χ2n) is 8.89. The molecule has 0 heterocycles. The van der Waals surface area contributed by atoms with Crippen LogP contribution in [0.1, 0.15) is 58.3 Å². The van der Waals surface area contributed by atoms with Gasteiger partial charge in [-0.25, -0.2) is 4.39 Å². The molecule has 0 unspecified atom stereocenters. The molecule has 2 aliphatic rings. The summed E-state index contributed by atoms with van der Waals surface area (Å²) in [6.45, 7) is 2.18. The van der Waals surface area contributed by atoms with Crippen LogP contribution >= 0.6 is 0 Å². The van der Waals surface area contributed by atoms with Crippen molar-refractivity contribution in [2.45, 2.75) is 64.5 Å². The van der Waals surface area contributed by atoms with Crippen LogP contribution in [0.3, 0.4) is 0 Å². The van der Waals surface area contributed by atoms with Gasteiger partial charge in [-0.05, 0) is 93.5 Å². The molecule has 0 N–H and O–H groups in total. The summed E-state index contributed by atoms with van der Waals surface area (Å²) >= 11 is 0. The third-order valence-electron chi connectivity index (χ3n) is 6.37. The van der Waals surface area contributed by atoms with Crippen molar-refractivity contribution in [1.29, 1.82) is 0 Å². The van der Waals surface area contributed by atoms with Gasteiger partial charge in [0.15, 0.2) is 5.83 Å². The van der Waals surface area contributed by atoms with Crippen LogP contribution in [0.5, 0.6) is 11.5 Å². The van der Waals surface area contributed by atoms with Crippen LogP contribution in [0.4, 0.5) is 17.6 Å². The molecule has 0 atom stereocenters. The Balaban J connectivity index is 1.45. The molecular weight excluding hydrogens is 428 g/mol. The molecule has 0 saturated heterocycles. The third kappa shape index (κ3) is 6.81. The number of hydrogen-bond acceptors (Lipinski definition) is 4. The molecule has 0 amide bonds. The molecule has 0 bridgehead atoms. The quantitative estimate of drug-likeness (QED) is 0.287. The standard InChI is InChI=1S/C24H28F4O4/c1-15-2-6-17(7-3-15)22(29)31-19-10-12-20(13-11-19)32-23(30)18-8-4-16(5-9-18)14-21(25)24(26,27)28/h10-18H,2-9H2,1H3. The van der Waals surface area contributed by atoms with E-state index in [0.717, 1.165) is 25.7 Å². The lowest BCUT2D eigenvalue weighted by molar-refractivity contribution is -0.141. The maximum atomic E-state index is 13.1. The highest BCUT2D eigenvalue weighted by Gasteiger charge is 2.36. The topological polar surface area (TPSA) is 52.6 Å². The van der Waals surface area contributed by atoms with Gasteiger partial charge in [0.1, 0.15) is 11.5 Å². The summed E-state index contributed by atoms with van der Waals surface area (Å²) in [6, 6.07) is 6.20. The van der Waals surface area contributed by atoms with Crippen LogP contribution in [0, 0.1) is 23.7 Å². The Labute approximate surface area is 185 Å². The van der Waals surface area contributed by atoms with E-state index in [1.165, 1.54) is 12.1 Å². The number of carbonyl (C=O) groups excluding carboxylic acids is 2. The van der Waals surface area contributed by atoms with Gasteiger partial charge in [-0.15, -0.1) is 0 Å². The molecule has 2 saturated carbocycles. The summed E-state index contributed by atoms with van der Waals surface area (Å²) in [4.78, 5) is 24.7. The summed E-state index contributed by atoms with van der Waals surface area (Å²) in [5, 5.41) is 0.